The SMILES string of the molecule is COCCOCOC(C)(C)C[C@@H](O)[C@@H](C(=O)O)[C@@H](C)[Si](C)(C)C. The van der Waals surface area contributed by atoms with Crippen LogP contribution < -0.4 is 0 Å². The molecule has 0 amide bonds. The third kappa shape index (κ3) is 8.81. The Morgan fingerprint density at radius 2 is 1.78 bits per heavy atom. The minimum atomic E-state index is -1.69. The van der Waals surface area contributed by atoms with E-state index < -0.39 is 31.7 Å². The summed E-state index contributed by atoms with van der Waals surface area (Å²) in [5, 5.41) is 20.0. The first-order valence-corrected chi connectivity index (χ1v) is 11.6. The Labute approximate surface area is 141 Å². The molecular weight excluding hydrogens is 316 g/mol. The Morgan fingerprint density at radius 3 is 2.22 bits per heavy atom. The van der Waals surface area contributed by atoms with E-state index in [1.807, 2.05) is 20.8 Å². The van der Waals surface area contributed by atoms with Crippen LogP contribution in [0.2, 0.25) is 25.2 Å². The summed E-state index contributed by atoms with van der Waals surface area (Å²) in [6.45, 7) is 12.9. The molecule has 0 unspecified atom stereocenters. The molecule has 0 aliphatic heterocycles. The lowest BCUT2D eigenvalue weighted by molar-refractivity contribution is -0.157. The van der Waals surface area contributed by atoms with Crippen molar-refractivity contribution in [2.75, 3.05) is 27.1 Å². The Morgan fingerprint density at radius 1 is 1.22 bits per heavy atom. The van der Waals surface area contributed by atoms with E-state index in [4.69, 9.17) is 14.2 Å². The van der Waals surface area contributed by atoms with Crippen molar-refractivity contribution in [3.8, 4) is 0 Å². The lowest BCUT2D eigenvalue weighted by atomic mass is 9.90. The molecule has 0 radical (unpaired) electrons. The van der Waals surface area contributed by atoms with Gasteiger partial charge in [0.15, 0.2) is 0 Å². The van der Waals surface area contributed by atoms with Crippen molar-refractivity contribution >= 4 is 14.0 Å². The zero-order chi connectivity index (χ0) is 18.3. The number of hydrogen-bond acceptors (Lipinski definition) is 5. The zero-order valence-electron chi connectivity index (χ0n) is 15.6. The summed E-state index contributed by atoms with van der Waals surface area (Å²) in [6, 6.07) is 0. The van der Waals surface area contributed by atoms with Gasteiger partial charge in [-0.15, -0.1) is 0 Å². The largest absolute Gasteiger partial charge is 0.481 e. The first-order chi connectivity index (χ1) is 10.4. The van der Waals surface area contributed by atoms with Gasteiger partial charge in [0.25, 0.3) is 0 Å². The molecule has 0 spiro atoms. The van der Waals surface area contributed by atoms with Gasteiger partial charge in [0.1, 0.15) is 6.79 Å². The van der Waals surface area contributed by atoms with Gasteiger partial charge in [-0.25, -0.2) is 0 Å². The summed E-state index contributed by atoms with van der Waals surface area (Å²) in [5.74, 6) is -1.72. The molecule has 0 rings (SSSR count). The summed E-state index contributed by atoms with van der Waals surface area (Å²) >= 11 is 0. The predicted molar refractivity (Wildman–Crippen MR) is 92.4 cm³/mol. The van der Waals surface area contributed by atoms with Crippen molar-refractivity contribution in [3.05, 3.63) is 0 Å². The molecule has 0 bridgehead atoms. The minimum Gasteiger partial charge on any atom is -0.481 e. The number of ether oxygens (including phenoxy) is 3. The molecule has 0 aromatic heterocycles. The lowest BCUT2D eigenvalue weighted by Crippen LogP contribution is -2.44. The van der Waals surface area contributed by atoms with Gasteiger partial charge in [0.05, 0.1) is 30.8 Å². The van der Waals surface area contributed by atoms with Crippen molar-refractivity contribution in [1.29, 1.82) is 0 Å². The molecule has 138 valence electrons. The molecular formula is C16H34O6Si. The van der Waals surface area contributed by atoms with Crippen LogP contribution in [0.1, 0.15) is 27.2 Å². The van der Waals surface area contributed by atoms with Crippen molar-refractivity contribution in [3.63, 3.8) is 0 Å². The van der Waals surface area contributed by atoms with Gasteiger partial charge in [0.2, 0.25) is 0 Å². The van der Waals surface area contributed by atoms with Crippen LogP contribution in [0.3, 0.4) is 0 Å². The molecule has 0 aromatic rings. The second kappa shape index (κ2) is 9.73. The predicted octanol–water partition coefficient (Wildman–Crippen LogP) is 2.58. The molecule has 0 saturated heterocycles. The Bertz CT molecular complexity index is 353. The molecule has 2 N–H and O–H groups in total. The maximum atomic E-state index is 11.6. The summed E-state index contributed by atoms with van der Waals surface area (Å²) in [7, 11) is -0.0917. The number of aliphatic hydroxyl groups is 1. The molecule has 23 heavy (non-hydrogen) atoms. The van der Waals surface area contributed by atoms with Gasteiger partial charge in [-0.3, -0.25) is 4.79 Å². The molecule has 3 atom stereocenters. The third-order valence-electron chi connectivity index (χ3n) is 4.27. The van der Waals surface area contributed by atoms with Gasteiger partial charge >= 0.3 is 5.97 Å². The Balaban J connectivity index is 4.65. The van der Waals surface area contributed by atoms with Crippen LogP contribution in [0.4, 0.5) is 0 Å². The number of hydrogen-bond donors (Lipinski definition) is 2. The van der Waals surface area contributed by atoms with E-state index in [2.05, 4.69) is 19.6 Å². The van der Waals surface area contributed by atoms with E-state index in [1.165, 1.54) is 0 Å². The summed E-state index contributed by atoms with van der Waals surface area (Å²) in [5.41, 5.74) is -0.706. The van der Waals surface area contributed by atoms with Crippen molar-refractivity contribution in [2.24, 2.45) is 5.92 Å². The van der Waals surface area contributed by atoms with Gasteiger partial charge in [0, 0.05) is 21.6 Å². The van der Waals surface area contributed by atoms with Crippen molar-refractivity contribution in [2.45, 2.75) is 64.1 Å². The number of methoxy groups -OCH3 is 1. The standard InChI is InChI=1S/C16H34O6Si/c1-12(23(5,6)7)14(15(18)19)13(17)10-16(2,3)22-11-21-9-8-20-4/h12-14,17H,8-11H2,1-7H3,(H,18,19)/t12-,13-,14+/m1/s1. The van der Waals surface area contributed by atoms with E-state index in [0.717, 1.165) is 0 Å². The summed E-state index contributed by atoms with van der Waals surface area (Å²) in [6.07, 6.45) is -0.713. The molecule has 0 aromatic carbocycles. The minimum absolute atomic E-state index is 0.0382. The van der Waals surface area contributed by atoms with Crippen molar-refractivity contribution in [1.82, 2.24) is 0 Å². The smallest absolute Gasteiger partial charge is 0.309 e. The third-order valence-corrected chi connectivity index (χ3v) is 7.36. The number of rotatable bonds is 12. The second-order valence-corrected chi connectivity index (χ2v) is 13.4. The zero-order valence-corrected chi connectivity index (χ0v) is 16.6. The van der Waals surface area contributed by atoms with Crippen LogP contribution in [0.25, 0.3) is 0 Å². The molecule has 7 heteroatoms. The van der Waals surface area contributed by atoms with E-state index in [0.29, 0.717) is 13.2 Å². The van der Waals surface area contributed by atoms with E-state index in [1.54, 1.807) is 7.11 Å². The molecule has 0 aliphatic carbocycles. The van der Waals surface area contributed by atoms with Crippen LogP contribution in [0, 0.1) is 5.92 Å². The van der Waals surface area contributed by atoms with Gasteiger partial charge < -0.3 is 24.4 Å². The van der Waals surface area contributed by atoms with E-state index in [9.17, 15) is 15.0 Å². The molecule has 0 saturated carbocycles. The average molecular weight is 351 g/mol. The van der Waals surface area contributed by atoms with Crippen LogP contribution in [-0.4, -0.2) is 63.1 Å². The molecule has 0 aliphatic rings. The molecule has 0 heterocycles. The lowest BCUT2D eigenvalue weighted by Gasteiger charge is -2.36. The quantitative estimate of drug-likeness (QED) is 0.320. The maximum absolute atomic E-state index is 11.6. The fourth-order valence-corrected chi connectivity index (χ4v) is 3.78. The highest BCUT2D eigenvalue weighted by Gasteiger charge is 2.41. The van der Waals surface area contributed by atoms with Crippen LogP contribution in [0.15, 0.2) is 0 Å². The number of carbonyl (C=O) groups is 1. The Kier molecular flexibility index (Phi) is 9.53. The molecule has 6 nitrogen and oxygen atoms in total. The highest BCUT2D eigenvalue weighted by Crippen LogP contribution is 2.35. The average Bonchev–Trinajstić information content (AvgIpc) is 2.36. The Hall–Kier alpha value is -0.473. The highest BCUT2D eigenvalue weighted by molar-refractivity contribution is 6.77. The van der Waals surface area contributed by atoms with E-state index in [-0.39, 0.29) is 18.8 Å². The maximum Gasteiger partial charge on any atom is 0.309 e. The first kappa shape index (κ1) is 22.5. The number of aliphatic carboxylic acids is 1. The fourth-order valence-electron chi connectivity index (χ4n) is 2.34. The first-order valence-electron chi connectivity index (χ1n) is 8.04. The molecule has 0 fully saturated rings. The second-order valence-electron chi connectivity index (χ2n) is 7.71. The van der Waals surface area contributed by atoms with Crippen LogP contribution in [0.5, 0.6) is 0 Å². The number of carboxylic acid groups (broad SMARTS) is 1. The summed E-state index contributed by atoms with van der Waals surface area (Å²) in [4.78, 5) is 11.6. The number of aliphatic hydroxyl groups excluding tert-OH is 1. The topological polar surface area (TPSA) is 85.2 Å². The van der Waals surface area contributed by atoms with Crippen LogP contribution >= 0.6 is 0 Å². The van der Waals surface area contributed by atoms with Crippen molar-refractivity contribution < 1.29 is 29.2 Å². The normalized spacial score (nSPS) is 16.9. The fraction of sp³-hybridized carbons (Fsp3) is 0.938. The highest BCUT2D eigenvalue weighted by atomic mass is 28.3. The van der Waals surface area contributed by atoms with Gasteiger partial charge in [-0.1, -0.05) is 26.6 Å². The van der Waals surface area contributed by atoms with E-state index >= 15 is 0 Å². The number of carboxylic acids is 1. The van der Waals surface area contributed by atoms with Gasteiger partial charge in [-0.05, 0) is 19.4 Å². The monoisotopic (exact) mass is 350 g/mol. The van der Waals surface area contributed by atoms with Crippen LogP contribution in [-0.2, 0) is 19.0 Å². The summed E-state index contributed by atoms with van der Waals surface area (Å²) < 4.78 is 15.8. The van der Waals surface area contributed by atoms with Gasteiger partial charge in [-0.2, -0.15) is 0 Å².